The van der Waals surface area contributed by atoms with E-state index in [1.807, 2.05) is 18.3 Å². The molecule has 0 spiro atoms. The van der Waals surface area contributed by atoms with Gasteiger partial charge < -0.3 is 4.98 Å². The number of aromatic nitrogens is 2. The number of aromatic amines is 1. The number of hydrogen-bond donors (Lipinski definition) is 1. The number of H-pyrrole nitrogens is 1. The summed E-state index contributed by atoms with van der Waals surface area (Å²) in [6, 6.07) is 7.71. The van der Waals surface area contributed by atoms with E-state index in [-0.39, 0.29) is 0 Å². The van der Waals surface area contributed by atoms with Crippen LogP contribution >= 0.6 is 0 Å². The lowest BCUT2D eigenvalue weighted by Gasteiger charge is -1.96. The molecule has 0 fully saturated rings. The van der Waals surface area contributed by atoms with E-state index in [0.717, 1.165) is 11.3 Å². The van der Waals surface area contributed by atoms with Crippen molar-refractivity contribution >= 4 is 0 Å². The van der Waals surface area contributed by atoms with Gasteiger partial charge in [0, 0.05) is 29.8 Å². The predicted molar refractivity (Wildman–Crippen MR) is 48.7 cm³/mol. The molecule has 62 valence electrons. The largest absolute Gasteiger partial charge is 0.361 e. The Morgan fingerprint density at radius 3 is 3.00 bits per heavy atom. The average molecular weight is 169 g/mol. The van der Waals surface area contributed by atoms with Crippen molar-refractivity contribution in [1.82, 2.24) is 9.97 Å². The van der Waals surface area contributed by atoms with E-state index in [1.54, 1.807) is 18.5 Å². The predicted octanol–water partition coefficient (Wildman–Crippen LogP) is 1.95. The van der Waals surface area contributed by atoms with E-state index in [1.165, 1.54) is 0 Å². The van der Waals surface area contributed by atoms with Crippen LogP contribution in [0.1, 0.15) is 5.56 Å². The Morgan fingerprint density at radius 2 is 2.31 bits per heavy atom. The highest BCUT2D eigenvalue weighted by molar-refractivity contribution is 5.59. The first kappa shape index (κ1) is 7.56. The Labute approximate surface area is 75.7 Å². The van der Waals surface area contributed by atoms with Gasteiger partial charge in [0.2, 0.25) is 0 Å². The SMILES string of the molecule is N#Cc1cncc(-c2ccc[nH]2)c1. The van der Waals surface area contributed by atoms with Gasteiger partial charge in [-0.15, -0.1) is 0 Å². The highest BCUT2D eigenvalue weighted by Gasteiger charge is 1.98. The molecule has 3 nitrogen and oxygen atoms in total. The van der Waals surface area contributed by atoms with Crippen LogP contribution in [-0.4, -0.2) is 9.97 Å². The molecular formula is C10H7N3. The fourth-order valence-electron chi connectivity index (χ4n) is 1.16. The second-order valence-corrected chi connectivity index (χ2v) is 2.66. The van der Waals surface area contributed by atoms with E-state index in [4.69, 9.17) is 5.26 Å². The fraction of sp³-hybridized carbons (Fsp3) is 0. The maximum Gasteiger partial charge on any atom is 0.101 e. The zero-order valence-corrected chi connectivity index (χ0v) is 6.86. The van der Waals surface area contributed by atoms with Crippen LogP contribution in [0.4, 0.5) is 0 Å². The van der Waals surface area contributed by atoms with Crippen LogP contribution < -0.4 is 0 Å². The zero-order valence-electron chi connectivity index (χ0n) is 6.86. The summed E-state index contributed by atoms with van der Waals surface area (Å²) in [7, 11) is 0. The Morgan fingerprint density at radius 1 is 1.38 bits per heavy atom. The van der Waals surface area contributed by atoms with Crippen molar-refractivity contribution < 1.29 is 0 Å². The van der Waals surface area contributed by atoms with Crippen molar-refractivity contribution in [2.75, 3.05) is 0 Å². The molecule has 0 radical (unpaired) electrons. The van der Waals surface area contributed by atoms with Gasteiger partial charge in [-0.05, 0) is 18.2 Å². The van der Waals surface area contributed by atoms with E-state index < -0.39 is 0 Å². The molecule has 3 heteroatoms. The minimum atomic E-state index is 0.576. The molecule has 1 N–H and O–H groups in total. The number of nitrogens with zero attached hydrogens (tertiary/aromatic N) is 2. The Kier molecular flexibility index (Phi) is 1.81. The van der Waals surface area contributed by atoms with Gasteiger partial charge in [0.25, 0.3) is 0 Å². The van der Waals surface area contributed by atoms with Gasteiger partial charge in [-0.3, -0.25) is 4.98 Å². The zero-order chi connectivity index (χ0) is 9.10. The number of nitrogens with one attached hydrogen (secondary N) is 1. The summed E-state index contributed by atoms with van der Waals surface area (Å²) in [5, 5.41) is 8.66. The van der Waals surface area contributed by atoms with Crippen molar-refractivity contribution in [3.63, 3.8) is 0 Å². The number of hydrogen-bond acceptors (Lipinski definition) is 2. The van der Waals surface area contributed by atoms with Gasteiger partial charge >= 0.3 is 0 Å². The fourth-order valence-corrected chi connectivity index (χ4v) is 1.16. The van der Waals surface area contributed by atoms with Crippen LogP contribution in [0.3, 0.4) is 0 Å². The molecule has 0 unspecified atom stereocenters. The summed E-state index contributed by atoms with van der Waals surface area (Å²) in [6.07, 6.45) is 5.12. The summed E-state index contributed by atoms with van der Waals surface area (Å²) in [5.41, 5.74) is 2.49. The maximum absolute atomic E-state index is 8.66. The maximum atomic E-state index is 8.66. The third-order valence-electron chi connectivity index (χ3n) is 1.78. The highest BCUT2D eigenvalue weighted by atomic mass is 14.7. The first-order chi connectivity index (χ1) is 6.40. The van der Waals surface area contributed by atoms with Gasteiger partial charge in [-0.1, -0.05) is 0 Å². The van der Waals surface area contributed by atoms with E-state index in [0.29, 0.717) is 5.56 Å². The average Bonchev–Trinajstić information content (AvgIpc) is 2.71. The van der Waals surface area contributed by atoms with Gasteiger partial charge in [-0.25, -0.2) is 0 Å². The third-order valence-corrected chi connectivity index (χ3v) is 1.78. The van der Waals surface area contributed by atoms with Crippen LogP contribution in [0.15, 0.2) is 36.8 Å². The third kappa shape index (κ3) is 1.42. The molecular weight excluding hydrogens is 162 g/mol. The quantitative estimate of drug-likeness (QED) is 0.709. The lowest BCUT2D eigenvalue weighted by molar-refractivity contribution is 1.28. The number of nitriles is 1. The van der Waals surface area contributed by atoms with Gasteiger partial charge in [-0.2, -0.15) is 5.26 Å². The molecule has 2 heterocycles. The smallest absolute Gasteiger partial charge is 0.101 e. The molecule has 0 aliphatic carbocycles. The Bertz CT molecular complexity index is 437. The van der Waals surface area contributed by atoms with Gasteiger partial charge in [0.05, 0.1) is 5.56 Å². The first-order valence-corrected chi connectivity index (χ1v) is 3.89. The molecule has 2 rings (SSSR count). The lowest BCUT2D eigenvalue weighted by Crippen LogP contribution is -1.82. The molecule has 0 atom stereocenters. The summed E-state index contributed by atoms with van der Waals surface area (Å²) < 4.78 is 0. The Balaban J connectivity index is 2.49. The normalized spacial score (nSPS) is 9.46. The summed E-state index contributed by atoms with van der Waals surface area (Å²) >= 11 is 0. The molecule has 0 saturated heterocycles. The van der Waals surface area contributed by atoms with Crippen molar-refractivity contribution in [2.45, 2.75) is 0 Å². The number of pyridine rings is 1. The van der Waals surface area contributed by atoms with Crippen LogP contribution in [-0.2, 0) is 0 Å². The van der Waals surface area contributed by atoms with Crippen molar-refractivity contribution in [1.29, 1.82) is 5.26 Å². The lowest BCUT2D eigenvalue weighted by atomic mass is 10.2. The van der Waals surface area contributed by atoms with E-state index >= 15 is 0 Å². The minimum absolute atomic E-state index is 0.576. The summed E-state index contributed by atoms with van der Waals surface area (Å²) in [6.45, 7) is 0. The summed E-state index contributed by atoms with van der Waals surface area (Å²) in [5.74, 6) is 0. The first-order valence-electron chi connectivity index (χ1n) is 3.89. The second kappa shape index (κ2) is 3.11. The molecule has 2 aromatic heterocycles. The Hall–Kier alpha value is -2.08. The van der Waals surface area contributed by atoms with Crippen molar-refractivity contribution in [2.24, 2.45) is 0 Å². The monoisotopic (exact) mass is 169 g/mol. The van der Waals surface area contributed by atoms with E-state index in [2.05, 4.69) is 16.0 Å². The molecule has 0 bridgehead atoms. The molecule has 0 aliphatic rings. The van der Waals surface area contributed by atoms with Crippen molar-refractivity contribution in [3.8, 4) is 17.3 Å². The highest BCUT2D eigenvalue weighted by Crippen LogP contribution is 2.16. The second-order valence-electron chi connectivity index (χ2n) is 2.66. The number of rotatable bonds is 1. The molecule has 0 aromatic carbocycles. The molecule has 0 amide bonds. The van der Waals surface area contributed by atoms with Crippen LogP contribution in [0.25, 0.3) is 11.3 Å². The van der Waals surface area contributed by atoms with Gasteiger partial charge in [0.15, 0.2) is 0 Å². The topological polar surface area (TPSA) is 52.5 Å². The van der Waals surface area contributed by atoms with Gasteiger partial charge in [0.1, 0.15) is 6.07 Å². The summed E-state index contributed by atoms with van der Waals surface area (Å²) in [4.78, 5) is 7.02. The molecule has 2 aromatic rings. The molecule has 0 aliphatic heterocycles. The standard InChI is InChI=1S/C10H7N3/c11-5-8-4-9(7-12-6-8)10-2-1-3-13-10/h1-4,6-7,13H. The molecule has 13 heavy (non-hydrogen) atoms. The van der Waals surface area contributed by atoms with E-state index in [9.17, 15) is 0 Å². The van der Waals surface area contributed by atoms with Crippen LogP contribution in [0.5, 0.6) is 0 Å². The van der Waals surface area contributed by atoms with Crippen LogP contribution in [0, 0.1) is 11.3 Å². The van der Waals surface area contributed by atoms with Crippen molar-refractivity contribution in [3.05, 3.63) is 42.4 Å². The minimum Gasteiger partial charge on any atom is -0.361 e. The molecule has 0 saturated carbocycles. The van der Waals surface area contributed by atoms with Crippen LogP contribution in [0.2, 0.25) is 0 Å².